The van der Waals surface area contributed by atoms with E-state index in [1.54, 1.807) is 24.3 Å². The van der Waals surface area contributed by atoms with Crippen LogP contribution in [-0.2, 0) is 9.22 Å². The van der Waals surface area contributed by atoms with Gasteiger partial charge in [0.15, 0.2) is 5.12 Å². The summed E-state index contributed by atoms with van der Waals surface area (Å²) >= 11 is 1.15. The Morgan fingerprint density at radius 1 is 1.10 bits per heavy atom. The second-order valence-electron chi connectivity index (χ2n) is 6.27. The maximum absolute atomic E-state index is 12.2. The molecule has 5 heteroatoms. The molecule has 3 nitrogen and oxygen atoms in total. The van der Waals surface area contributed by atoms with E-state index in [0.29, 0.717) is 5.56 Å². The summed E-state index contributed by atoms with van der Waals surface area (Å²) in [5, 5.41) is 0.0224. The molecule has 0 fully saturated rings. The maximum Gasteiger partial charge on any atom is 0.324 e. The van der Waals surface area contributed by atoms with Crippen LogP contribution in [0.5, 0.6) is 0 Å². The summed E-state index contributed by atoms with van der Waals surface area (Å²) in [4.78, 5) is 24.0. The summed E-state index contributed by atoms with van der Waals surface area (Å²) in [5.74, 6) is -0.282. The molecular weight excluding hydrogens is 288 g/mol. The van der Waals surface area contributed by atoms with Crippen LogP contribution in [0.1, 0.15) is 38.1 Å². The van der Waals surface area contributed by atoms with E-state index < -0.39 is 8.32 Å². The van der Waals surface area contributed by atoms with Crippen LogP contribution >= 0.6 is 11.8 Å². The van der Waals surface area contributed by atoms with Crippen LogP contribution < -0.4 is 0 Å². The Bertz CT molecular complexity index is 501. The van der Waals surface area contributed by atoms with Crippen molar-refractivity contribution in [1.29, 1.82) is 0 Å². The molecule has 0 radical (unpaired) electrons. The van der Waals surface area contributed by atoms with Crippen molar-refractivity contribution >= 4 is 31.2 Å². The lowest BCUT2D eigenvalue weighted by molar-refractivity contribution is -0.109. The average Bonchev–Trinajstić information content (AvgIpc) is 2.26. The molecule has 0 aliphatic heterocycles. The lowest BCUT2D eigenvalue weighted by Crippen LogP contribution is -2.42. The number of hydrogen-bond donors (Lipinski definition) is 0. The first-order chi connectivity index (χ1) is 9.03. The van der Waals surface area contributed by atoms with Crippen LogP contribution in [0.15, 0.2) is 29.2 Å². The predicted octanol–water partition coefficient (Wildman–Crippen LogP) is 4.49. The third kappa shape index (κ3) is 4.49. The molecule has 0 unspecified atom stereocenters. The van der Waals surface area contributed by atoms with Gasteiger partial charge in [-0.15, -0.1) is 0 Å². The van der Waals surface area contributed by atoms with Crippen molar-refractivity contribution < 1.29 is 14.0 Å². The SMILES string of the molecule is CC(=O)Sc1ccc(C(=O)O[Si](C)(C)C(C)(C)C)cc1. The molecule has 110 valence electrons. The van der Waals surface area contributed by atoms with Gasteiger partial charge in [0, 0.05) is 11.8 Å². The van der Waals surface area contributed by atoms with E-state index in [4.69, 9.17) is 4.43 Å². The zero-order chi connectivity index (χ0) is 15.6. The van der Waals surface area contributed by atoms with Gasteiger partial charge in [0.25, 0.3) is 8.32 Å². The molecule has 0 bridgehead atoms. The lowest BCUT2D eigenvalue weighted by Gasteiger charge is -2.35. The van der Waals surface area contributed by atoms with Gasteiger partial charge >= 0.3 is 5.97 Å². The van der Waals surface area contributed by atoms with Gasteiger partial charge in [-0.25, -0.2) is 4.79 Å². The summed E-state index contributed by atoms with van der Waals surface area (Å²) in [6, 6.07) is 6.96. The molecular formula is C15H22O3SSi. The summed E-state index contributed by atoms with van der Waals surface area (Å²) in [7, 11) is -2.10. The van der Waals surface area contributed by atoms with Crippen LogP contribution in [0, 0.1) is 0 Å². The Hall–Kier alpha value is -1.07. The number of carbonyl (C=O) groups excluding carboxylic acids is 2. The Morgan fingerprint density at radius 2 is 1.60 bits per heavy atom. The van der Waals surface area contributed by atoms with Gasteiger partial charge < -0.3 is 4.43 Å². The van der Waals surface area contributed by atoms with Gasteiger partial charge in [0.1, 0.15) is 0 Å². The van der Waals surface area contributed by atoms with Gasteiger partial charge in [-0.3, -0.25) is 4.79 Å². The number of thioether (sulfide) groups is 1. The molecule has 0 saturated carbocycles. The second-order valence-corrected chi connectivity index (χ2v) is 12.2. The highest BCUT2D eigenvalue weighted by Gasteiger charge is 2.40. The fraction of sp³-hybridized carbons (Fsp3) is 0.467. The van der Waals surface area contributed by atoms with Crippen molar-refractivity contribution in [3.8, 4) is 0 Å². The van der Waals surface area contributed by atoms with Crippen molar-refractivity contribution in [3.63, 3.8) is 0 Å². The first kappa shape index (κ1) is 17.0. The highest BCUT2D eigenvalue weighted by Crippen LogP contribution is 2.37. The second kappa shape index (κ2) is 6.14. The zero-order valence-corrected chi connectivity index (χ0v) is 14.8. The predicted molar refractivity (Wildman–Crippen MR) is 85.6 cm³/mol. The number of rotatable bonds is 3. The van der Waals surface area contributed by atoms with Gasteiger partial charge in [-0.05, 0) is 42.4 Å². The van der Waals surface area contributed by atoms with Gasteiger partial charge in [-0.2, -0.15) is 0 Å². The van der Waals surface area contributed by atoms with E-state index in [0.717, 1.165) is 16.7 Å². The topological polar surface area (TPSA) is 43.4 Å². The molecule has 1 aromatic carbocycles. The van der Waals surface area contributed by atoms with E-state index in [9.17, 15) is 9.59 Å². The highest BCUT2D eigenvalue weighted by atomic mass is 32.2. The number of carbonyl (C=O) groups is 2. The Morgan fingerprint density at radius 3 is 2.00 bits per heavy atom. The third-order valence-electron chi connectivity index (χ3n) is 3.51. The van der Waals surface area contributed by atoms with Crippen molar-refractivity contribution in [2.75, 3.05) is 0 Å². The third-order valence-corrected chi connectivity index (χ3v) is 8.61. The van der Waals surface area contributed by atoms with Gasteiger partial charge in [-0.1, -0.05) is 32.5 Å². The molecule has 0 aliphatic carbocycles. The van der Waals surface area contributed by atoms with Crippen molar-refractivity contribution in [3.05, 3.63) is 29.8 Å². The fourth-order valence-electron chi connectivity index (χ4n) is 1.27. The van der Waals surface area contributed by atoms with E-state index in [2.05, 4.69) is 20.8 Å². The Balaban J connectivity index is 2.81. The maximum atomic E-state index is 12.2. The molecule has 0 aromatic heterocycles. The van der Waals surface area contributed by atoms with E-state index in [-0.39, 0.29) is 16.1 Å². The summed E-state index contributed by atoms with van der Waals surface area (Å²) in [6.07, 6.45) is 0. The largest absolute Gasteiger partial charge is 0.516 e. The minimum absolute atomic E-state index is 0.00686. The Kier molecular flexibility index (Phi) is 5.21. The van der Waals surface area contributed by atoms with E-state index in [1.807, 2.05) is 13.1 Å². The Labute approximate surface area is 126 Å². The molecule has 1 rings (SSSR count). The monoisotopic (exact) mass is 310 g/mol. The quantitative estimate of drug-likeness (QED) is 0.609. The first-order valence-corrected chi connectivity index (χ1v) is 10.3. The molecule has 0 atom stereocenters. The summed E-state index contributed by atoms with van der Waals surface area (Å²) in [6.45, 7) is 11.9. The molecule has 0 N–H and O–H groups in total. The average molecular weight is 310 g/mol. The van der Waals surface area contributed by atoms with Gasteiger partial charge in [0.05, 0.1) is 5.56 Å². The molecule has 0 heterocycles. The van der Waals surface area contributed by atoms with Crippen LogP contribution in [0.4, 0.5) is 0 Å². The molecule has 0 amide bonds. The molecule has 0 saturated heterocycles. The van der Waals surface area contributed by atoms with Crippen molar-refractivity contribution in [1.82, 2.24) is 0 Å². The molecule has 0 aliphatic rings. The fourth-order valence-corrected chi connectivity index (χ4v) is 2.76. The van der Waals surface area contributed by atoms with Crippen LogP contribution in [0.25, 0.3) is 0 Å². The number of hydrogen-bond acceptors (Lipinski definition) is 4. The normalized spacial score (nSPS) is 12.1. The standard InChI is InChI=1S/C15H22O3SSi/c1-11(16)19-13-9-7-12(8-10-13)14(17)18-20(5,6)15(2,3)4/h7-10H,1-6H3. The van der Waals surface area contributed by atoms with Crippen LogP contribution in [0.2, 0.25) is 18.1 Å². The zero-order valence-electron chi connectivity index (χ0n) is 12.9. The summed E-state index contributed by atoms with van der Waals surface area (Å²) in [5.41, 5.74) is 0.530. The molecule has 20 heavy (non-hydrogen) atoms. The van der Waals surface area contributed by atoms with Crippen molar-refractivity contribution in [2.45, 2.75) is 50.7 Å². The highest BCUT2D eigenvalue weighted by molar-refractivity contribution is 8.13. The molecule has 0 spiro atoms. The summed E-state index contributed by atoms with van der Waals surface area (Å²) < 4.78 is 5.74. The van der Waals surface area contributed by atoms with E-state index >= 15 is 0 Å². The smallest absolute Gasteiger partial charge is 0.324 e. The van der Waals surface area contributed by atoms with E-state index in [1.165, 1.54) is 6.92 Å². The van der Waals surface area contributed by atoms with Crippen LogP contribution in [-0.4, -0.2) is 19.4 Å². The number of benzene rings is 1. The van der Waals surface area contributed by atoms with Gasteiger partial charge in [0.2, 0.25) is 0 Å². The minimum atomic E-state index is -2.10. The van der Waals surface area contributed by atoms with Crippen molar-refractivity contribution in [2.24, 2.45) is 0 Å². The first-order valence-electron chi connectivity index (χ1n) is 6.55. The minimum Gasteiger partial charge on any atom is -0.516 e. The lowest BCUT2D eigenvalue weighted by atomic mass is 10.2. The van der Waals surface area contributed by atoms with Crippen LogP contribution in [0.3, 0.4) is 0 Å². The molecule has 1 aromatic rings.